The highest BCUT2D eigenvalue weighted by atomic mass is 14.1. The Labute approximate surface area is 63.6 Å². The summed E-state index contributed by atoms with van der Waals surface area (Å²) in [5.41, 5.74) is 3.05. The van der Waals surface area contributed by atoms with Crippen LogP contribution in [0.4, 0.5) is 0 Å². The molecule has 0 radical (unpaired) electrons. The topological polar surface area (TPSA) is 0 Å². The summed E-state index contributed by atoms with van der Waals surface area (Å²) in [4.78, 5) is 0. The number of allylic oxidation sites excluding steroid dienone is 4. The van der Waals surface area contributed by atoms with Gasteiger partial charge in [-0.2, -0.15) is 0 Å². The molecule has 1 rings (SSSR count). The molecule has 0 amide bonds. The van der Waals surface area contributed by atoms with E-state index in [0.29, 0.717) is 0 Å². The first-order valence-corrected chi connectivity index (χ1v) is 4.17. The Kier molecular flexibility index (Phi) is 2.73. The third-order valence-corrected chi connectivity index (χ3v) is 2.23. The fourth-order valence-electron chi connectivity index (χ4n) is 1.38. The minimum atomic E-state index is 1.29. The molecule has 0 aromatic carbocycles. The molecule has 0 aliphatic heterocycles. The summed E-state index contributed by atoms with van der Waals surface area (Å²) in [6.07, 6.45) is 9.96. The van der Waals surface area contributed by atoms with Crippen LogP contribution < -0.4 is 0 Å². The molecule has 0 spiro atoms. The molecule has 0 bridgehead atoms. The van der Waals surface area contributed by atoms with Gasteiger partial charge < -0.3 is 0 Å². The van der Waals surface area contributed by atoms with E-state index in [0.717, 1.165) is 0 Å². The lowest BCUT2D eigenvalue weighted by molar-refractivity contribution is 0.706. The van der Waals surface area contributed by atoms with Crippen LogP contribution in [0.25, 0.3) is 0 Å². The lowest BCUT2D eigenvalue weighted by Gasteiger charge is -2.12. The summed E-state index contributed by atoms with van der Waals surface area (Å²) in [5.74, 6) is 0. The van der Waals surface area contributed by atoms with Crippen LogP contribution >= 0.6 is 0 Å². The van der Waals surface area contributed by atoms with Crippen LogP contribution in [0.2, 0.25) is 0 Å². The minimum absolute atomic E-state index is 1.29. The summed E-state index contributed by atoms with van der Waals surface area (Å²) >= 11 is 0. The summed E-state index contributed by atoms with van der Waals surface area (Å²) in [6.45, 7) is 4.32. The molecular weight excluding hydrogens is 120 g/mol. The Hall–Kier alpha value is -0.520. The average Bonchev–Trinajstić information content (AvgIpc) is 2.05. The number of rotatable bonds is 1. The second-order valence-electron chi connectivity index (χ2n) is 2.95. The van der Waals surface area contributed by atoms with E-state index in [-0.39, 0.29) is 0 Å². The first-order chi connectivity index (χ1) is 4.84. The van der Waals surface area contributed by atoms with E-state index in [4.69, 9.17) is 0 Å². The van der Waals surface area contributed by atoms with Gasteiger partial charge in [0.1, 0.15) is 0 Å². The molecule has 0 saturated carbocycles. The largest absolute Gasteiger partial charge is 0.0845 e. The predicted octanol–water partition coefficient (Wildman–Crippen LogP) is 3.45. The van der Waals surface area contributed by atoms with Crippen LogP contribution in [0.5, 0.6) is 0 Å². The third-order valence-electron chi connectivity index (χ3n) is 2.23. The fourth-order valence-corrected chi connectivity index (χ4v) is 1.38. The molecule has 56 valence electrons. The zero-order chi connectivity index (χ0) is 7.40. The molecule has 0 aromatic heterocycles. The van der Waals surface area contributed by atoms with Crippen molar-refractivity contribution in [1.82, 2.24) is 0 Å². The van der Waals surface area contributed by atoms with E-state index in [1.807, 2.05) is 0 Å². The van der Waals surface area contributed by atoms with Crippen molar-refractivity contribution in [1.29, 1.82) is 0 Å². The van der Waals surface area contributed by atoms with Gasteiger partial charge in [-0.15, -0.1) is 0 Å². The lowest BCUT2D eigenvalue weighted by Crippen LogP contribution is -1.92. The molecule has 10 heavy (non-hydrogen) atoms. The highest BCUT2D eigenvalue weighted by Crippen LogP contribution is 2.22. The Balaban J connectivity index is 2.62. The minimum Gasteiger partial charge on any atom is -0.0845 e. The van der Waals surface area contributed by atoms with Gasteiger partial charge in [0.25, 0.3) is 0 Å². The van der Waals surface area contributed by atoms with Gasteiger partial charge in [-0.1, -0.05) is 17.7 Å². The van der Waals surface area contributed by atoms with Gasteiger partial charge in [0.15, 0.2) is 0 Å². The van der Waals surface area contributed by atoms with Crippen LogP contribution in [0.3, 0.4) is 0 Å². The van der Waals surface area contributed by atoms with Crippen molar-refractivity contribution >= 4 is 0 Å². The zero-order valence-electron chi connectivity index (χ0n) is 6.98. The Bertz CT molecular complexity index is 161. The molecule has 0 fully saturated rings. The standard InChI is InChI=1S/C10H16/c1-3-9(2)10-7-5-4-6-8-10/h3,7H,4-6,8H2,1-2H3/b9-3-. The van der Waals surface area contributed by atoms with E-state index in [1.165, 1.54) is 31.3 Å². The van der Waals surface area contributed by atoms with Gasteiger partial charge >= 0.3 is 0 Å². The maximum atomic E-state index is 2.39. The number of hydrogen-bond donors (Lipinski definition) is 0. The summed E-state index contributed by atoms with van der Waals surface area (Å²) in [6, 6.07) is 0. The van der Waals surface area contributed by atoms with Crippen molar-refractivity contribution in [2.45, 2.75) is 39.5 Å². The molecule has 0 heteroatoms. The second kappa shape index (κ2) is 3.60. The number of hydrogen-bond acceptors (Lipinski definition) is 0. The van der Waals surface area contributed by atoms with E-state index >= 15 is 0 Å². The van der Waals surface area contributed by atoms with Crippen LogP contribution in [-0.2, 0) is 0 Å². The van der Waals surface area contributed by atoms with Crippen molar-refractivity contribution in [3.05, 3.63) is 23.3 Å². The van der Waals surface area contributed by atoms with E-state index in [1.54, 1.807) is 5.57 Å². The maximum absolute atomic E-state index is 2.39. The SMILES string of the molecule is C/C=C(/C)C1=CCCCC1. The van der Waals surface area contributed by atoms with Crippen molar-refractivity contribution < 1.29 is 0 Å². The van der Waals surface area contributed by atoms with Crippen molar-refractivity contribution in [3.8, 4) is 0 Å². The van der Waals surface area contributed by atoms with Gasteiger partial charge in [0.2, 0.25) is 0 Å². The molecule has 0 unspecified atom stereocenters. The van der Waals surface area contributed by atoms with Gasteiger partial charge in [-0.05, 0) is 45.1 Å². The van der Waals surface area contributed by atoms with Gasteiger partial charge in [-0.25, -0.2) is 0 Å². The average molecular weight is 136 g/mol. The van der Waals surface area contributed by atoms with Crippen molar-refractivity contribution in [3.63, 3.8) is 0 Å². The highest BCUT2D eigenvalue weighted by Gasteiger charge is 2.03. The van der Waals surface area contributed by atoms with Gasteiger partial charge in [0.05, 0.1) is 0 Å². The van der Waals surface area contributed by atoms with Crippen LogP contribution in [0.1, 0.15) is 39.5 Å². The van der Waals surface area contributed by atoms with Crippen molar-refractivity contribution in [2.75, 3.05) is 0 Å². The Morgan fingerprint density at radius 1 is 1.50 bits per heavy atom. The second-order valence-corrected chi connectivity index (χ2v) is 2.95. The van der Waals surface area contributed by atoms with Gasteiger partial charge in [-0.3, -0.25) is 0 Å². The normalized spacial score (nSPS) is 20.6. The highest BCUT2D eigenvalue weighted by molar-refractivity contribution is 5.29. The first-order valence-electron chi connectivity index (χ1n) is 4.17. The molecule has 0 atom stereocenters. The first kappa shape index (κ1) is 7.59. The van der Waals surface area contributed by atoms with Gasteiger partial charge in [0, 0.05) is 0 Å². The molecule has 1 aliphatic rings. The van der Waals surface area contributed by atoms with E-state index in [9.17, 15) is 0 Å². The molecule has 0 N–H and O–H groups in total. The van der Waals surface area contributed by atoms with Crippen LogP contribution in [-0.4, -0.2) is 0 Å². The molecule has 0 nitrogen and oxygen atoms in total. The summed E-state index contributed by atoms with van der Waals surface area (Å²) in [5, 5.41) is 0. The predicted molar refractivity (Wildman–Crippen MR) is 46.0 cm³/mol. The smallest absolute Gasteiger partial charge is 0.0279 e. The molecular formula is C10H16. The van der Waals surface area contributed by atoms with Crippen LogP contribution in [0.15, 0.2) is 23.3 Å². The third kappa shape index (κ3) is 1.73. The lowest BCUT2D eigenvalue weighted by atomic mass is 9.94. The van der Waals surface area contributed by atoms with E-state index in [2.05, 4.69) is 26.0 Å². The van der Waals surface area contributed by atoms with E-state index < -0.39 is 0 Å². The quantitative estimate of drug-likeness (QED) is 0.518. The van der Waals surface area contributed by atoms with Crippen molar-refractivity contribution in [2.24, 2.45) is 0 Å². The Morgan fingerprint density at radius 3 is 2.80 bits per heavy atom. The zero-order valence-corrected chi connectivity index (χ0v) is 6.98. The Morgan fingerprint density at radius 2 is 2.30 bits per heavy atom. The maximum Gasteiger partial charge on any atom is -0.0279 e. The molecule has 1 aliphatic carbocycles. The van der Waals surface area contributed by atoms with Crippen LogP contribution in [0, 0.1) is 0 Å². The fraction of sp³-hybridized carbons (Fsp3) is 0.600. The molecule has 0 saturated heterocycles. The molecule has 0 heterocycles. The molecule has 0 aromatic rings. The monoisotopic (exact) mass is 136 g/mol. The summed E-state index contributed by atoms with van der Waals surface area (Å²) in [7, 11) is 0. The summed E-state index contributed by atoms with van der Waals surface area (Å²) < 4.78 is 0.